The molecule has 0 saturated heterocycles. The number of aliphatic hydroxyl groups is 1. The lowest BCUT2D eigenvalue weighted by molar-refractivity contribution is -0.161. The third kappa shape index (κ3) is 76.6. The van der Waals surface area contributed by atoms with Crippen LogP contribution in [-0.4, -0.2) is 96.7 Å². The molecule has 3 unspecified atom stereocenters. The molecule has 0 heterocycles. The standard InChI is InChI=1S/C84H164O17P2/c1-7-10-12-14-16-18-20-30-38-44-50-56-62-68-83(88)100-79(72-94-81(86)66-60-54-48-42-19-17-15-13-11-8-2)74-98-102(90,91)96-70-78(85)71-97-103(92,93)99-75-80(73-95-82(87)67-61-55-49-43-37-33-29-25-26-31-35-40-46-52-58-64-76(4)5)101-84(89)69-63-57-51-45-39-34-28-24-22-21-23-27-32-36-41-47-53-59-65-77(6)9-3/h76-80,85H,7-75H2,1-6H3,(H,90,91)(H,92,93)/t77?,78-,79+,80+/m0/s1. The minimum Gasteiger partial charge on any atom is -0.462 e. The fourth-order valence-electron chi connectivity index (χ4n) is 13.0. The van der Waals surface area contributed by atoms with Crippen LogP contribution < -0.4 is 0 Å². The van der Waals surface area contributed by atoms with Crippen molar-refractivity contribution in [2.75, 3.05) is 39.6 Å². The summed E-state index contributed by atoms with van der Waals surface area (Å²) < 4.78 is 68.8. The normalized spacial score (nSPS) is 14.1. The third-order valence-electron chi connectivity index (χ3n) is 20.1. The molecule has 0 spiro atoms. The van der Waals surface area contributed by atoms with Crippen molar-refractivity contribution in [2.24, 2.45) is 11.8 Å². The van der Waals surface area contributed by atoms with Crippen LogP contribution >= 0.6 is 15.6 Å². The van der Waals surface area contributed by atoms with Crippen LogP contribution in [0.15, 0.2) is 0 Å². The summed E-state index contributed by atoms with van der Waals surface area (Å²) in [5, 5.41) is 10.7. The molecule has 103 heavy (non-hydrogen) atoms. The second-order valence-corrected chi connectivity index (χ2v) is 33.8. The Hall–Kier alpha value is -1.94. The van der Waals surface area contributed by atoms with Gasteiger partial charge >= 0.3 is 39.5 Å². The van der Waals surface area contributed by atoms with Crippen LogP contribution in [0.1, 0.15) is 446 Å². The first-order chi connectivity index (χ1) is 49.9. The molecule has 0 rings (SSSR count). The fourth-order valence-corrected chi connectivity index (χ4v) is 14.6. The van der Waals surface area contributed by atoms with E-state index >= 15 is 0 Å². The van der Waals surface area contributed by atoms with Crippen molar-refractivity contribution < 1.29 is 80.2 Å². The molecular weight excluding hydrogens is 1340 g/mol. The van der Waals surface area contributed by atoms with Crippen LogP contribution in [-0.2, 0) is 65.4 Å². The van der Waals surface area contributed by atoms with E-state index in [0.717, 1.165) is 102 Å². The number of aliphatic hydroxyl groups excluding tert-OH is 1. The van der Waals surface area contributed by atoms with Crippen molar-refractivity contribution in [3.63, 3.8) is 0 Å². The summed E-state index contributed by atoms with van der Waals surface area (Å²) in [7, 11) is -9.92. The number of unbranched alkanes of at least 4 members (excludes halogenated alkanes) is 52. The monoisotopic (exact) mass is 1510 g/mol. The third-order valence-corrected chi connectivity index (χ3v) is 22.0. The Morgan fingerprint density at radius 1 is 0.282 bits per heavy atom. The van der Waals surface area contributed by atoms with Crippen molar-refractivity contribution in [3.8, 4) is 0 Å². The van der Waals surface area contributed by atoms with Gasteiger partial charge in [-0.3, -0.25) is 37.3 Å². The maximum absolute atomic E-state index is 13.1. The van der Waals surface area contributed by atoms with Gasteiger partial charge in [0.2, 0.25) is 0 Å². The van der Waals surface area contributed by atoms with E-state index in [-0.39, 0.29) is 25.7 Å². The molecule has 3 N–H and O–H groups in total. The predicted molar refractivity (Wildman–Crippen MR) is 423 cm³/mol. The van der Waals surface area contributed by atoms with E-state index in [1.54, 1.807) is 0 Å². The number of hydrogen-bond donors (Lipinski definition) is 3. The summed E-state index contributed by atoms with van der Waals surface area (Å²) >= 11 is 0. The van der Waals surface area contributed by atoms with Gasteiger partial charge in [-0.15, -0.1) is 0 Å². The summed E-state index contributed by atoms with van der Waals surface area (Å²) in [5.74, 6) is -0.426. The van der Waals surface area contributed by atoms with Gasteiger partial charge in [-0.2, -0.15) is 0 Å². The smallest absolute Gasteiger partial charge is 0.462 e. The van der Waals surface area contributed by atoms with Crippen LogP contribution in [0.4, 0.5) is 0 Å². The highest BCUT2D eigenvalue weighted by atomic mass is 31.2. The van der Waals surface area contributed by atoms with Gasteiger partial charge in [0.25, 0.3) is 0 Å². The first-order valence-corrected chi connectivity index (χ1v) is 46.5. The molecule has 0 aromatic heterocycles. The quantitative estimate of drug-likeness (QED) is 0.0222. The summed E-state index contributed by atoms with van der Waals surface area (Å²) in [6.45, 7) is 9.74. The Morgan fingerprint density at radius 2 is 0.495 bits per heavy atom. The fraction of sp³-hybridized carbons (Fsp3) is 0.952. The average molecular weight is 1510 g/mol. The molecule has 6 atom stereocenters. The number of phosphoric acid groups is 2. The van der Waals surface area contributed by atoms with E-state index in [9.17, 15) is 43.2 Å². The molecule has 0 aliphatic rings. The summed E-state index contributed by atoms with van der Waals surface area (Å²) in [6.07, 6.45) is 66.5. The van der Waals surface area contributed by atoms with Crippen molar-refractivity contribution in [1.29, 1.82) is 0 Å². The molecule has 0 radical (unpaired) electrons. The lowest BCUT2D eigenvalue weighted by Gasteiger charge is -2.21. The number of rotatable bonds is 83. The number of ether oxygens (including phenoxy) is 4. The second-order valence-electron chi connectivity index (χ2n) is 30.9. The summed E-state index contributed by atoms with van der Waals surface area (Å²) in [6, 6.07) is 0. The Labute approximate surface area is 632 Å². The highest BCUT2D eigenvalue weighted by Crippen LogP contribution is 2.45. The molecule has 0 saturated carbocycles. The summed E-state index contributed by atoms with van der Waals surface area (Å²) in [5.41, 5.74) is 0. The SMILES string of the molecule is CCCCCCCCCCCCCCCC(=O)O[C@H](COC(=O)CCCCCCCCCCCC)COP(=O)(O)OC[C@H](O)COP(=O)(O)OC[C@@H](COC(=O)CCCCCCCCCCCCCCCCCC(C)C)OC(=O)CCCCCCCCCCCCCCCCCCCCC(C)CC. The maximum atomic E-state index is 13.1. The van der Waals surface area contributed by atoms with Gasteiger partial charge in [0, 0.05) is 25.7 Å². The van der Waals surface area contributed by atoms with Crippen molar-refractivity contribution in [3.05, 3.63) is 0 Å². The Kier molecular flexibility index (Phi) is 74.1. The van der Waals surface area contributed by atoms with Gasteiger partial charge in [-0.25, -0.2) is 9.13 Å². The number of carbonyl (C=O) groups excluding carboxylic acids is 4. The lowest BCUT2D eigenvalue weighted by atomic mass is 9.99. The largest absolute Gasteiger partial charge is 0.472 e. The average Bonchev–Trinajstić information content (AvgIpc) is 0.957. The zero-order valence-electron chi connectivity index (χ0n) is 67.6. The first-order valence-electron chi connectivity index (χ1n) is 43.5. The van der Waals surface area contributed by atoms with E-state index in [1.165, 1.54) is 263 Å². The number of phosphoric ester groups is 2. The topological polar surface area (TPSA) is 237 Å². The minimum atomic E-state index is -4.96. The van der Waals surface area contributed by atoms with E-state index in [1.807, 2.05) is 0 Å². The molecular formula is C84H164O17P2. The molecule has 0 bridgehead atoms. The highest BCUT2D eigenvalue weighted by molar-refractivity contribution is 7.47. The zero-order chi connectivity index (χ0) is 75.6. The van der Waals surface area contributed by atoms with Gasteiger partial charge in [0.05, 0.1) is 26.4 Å². The number of carbonyl (C=O) groups is 4. The Bertz CT molecular complexity index is 1980. The zero-order valence-corrected chi connectivity index (χ0v) is 69.4. The first kappa shape index (κ1) is 101. The molecule has 0 aliphatic carbocycles. The number of esters is 4. The van der Waals surface area contributed by atoms with Gasteiger partial charge in [-0.05, 0) is 37.5 Å². The van der Waals surface area contributed by atoms with Gasteiger partial charge in [0.15, 0.2) is 12.2 Å². The van der Waals surface area contributed by atoms with Crippen molar-refractivity contribution in [2.45, 2.75) is 464 Å². The molecule has 612 valence electrons. The molecule has 0 fully saturated rings. The van der Waals surface area contributed by atoms with E-state index < -0.39 is 97.5 Å². The van der Waals surface area contributed by atoms with E-state index in [4.69, 9.17) is 37.0 Å². The molecule has 0 aromatic carbocycles. The lowest BCUT2D eigenvalue weighted by Crippen LogP contribution is -2.30. The van der Waals surface area contributed by atoms with Crippen LogP contribution in [0.25, 0.3) is 0 Å². The molecule has 17 nitrogen and oxygen atoms in total. The van der Waals surface area contributed by atoms with E-state index in [2.05, 4.69) is 41.5 Å². The Morgan fingerprint density at radius 3 is 0.738 bits per heavy atom. The number of hydrogen-bond acceptors (Lipinski definition) is 15. The molecule has 19 heteroatoms. The van der Waals surface area contributed by atoms with E-state index in [0.29, 0.717) is 25.7 Å². The van der Waals surface area contributed by atoms with Crippen molar-refractivity contribution in [1.82, 2.24) is 0 Å². The van der Waals surface area contributed by atoms with Crippen LogP contribution in [0.2, 0.25) is 0 Å². The molecule has 0 amide bonds. The van der Waals surface area contributed by atoms with Crippen LogP contribution in [0.3, 0.4) is 0 Å². The molecule has 0 aliphatic heterocycles. The summed E-state index contributed by atoms with van der Waals surface area (Å²) in [4.78, 5) is 73.1. The minimum absolute atomic E-state index is 0.108. The van der Waals surface area contributed by atoms with Crippen LogP contribution in [0.5, 0.6) is 0 Å². The van der Waals surface area contributed by atoms with Gasteiger partial charge < -0.3 is 33.8 Å². The molecule has 0 aromatic rings. The maximum Gasteiger partial charge on any atom is 0.472 e. The predicted octanol–water partition coefficient (Wildman–Crippen LogP) is 25.5. The van der Waals surface area contributed by atoms with Gasteiger partial charge in [0.1, 0.15) is 19.3 Å². The second kappa shape index (κ2) is 75.5. The van der Waals surface area contributed by atoms with Crippen molar-refractivity contribution >= 4 is 39.5 Å². The highest BCUT2D eigenvalue weighted by Gasteiger charge is 2.30. The van der Waals surface area contributed by atoms with Crippen LogP contribution in [0, 0.1) is 11.8 Å². The Balaban J connectivity index is 5.21. The van der Waals surface area contributed by atoms with Gasteiger partial charge in [-0.1, -0.05) is 395 Å².